The van der Waals surface area contributed by atoms with Crippen molar-refractivity contribution in [3.8, 4) is 0 Å². The molecule has 2 atom stereocenters. The van der Waals surface area contributed by atoms with Gasteiger partial charge < -0.3 is 10.0 Å². The zero-order chi connectivity index (χ0) is 14.8. The maximum atomic E-state index is 9.47. The lowest BCUT2D eigenvalue weighted by Crippen LogP contribution is -2.40. The van der Waals surface area contributed by atoms with Gasteiger partial charge in [-0.2, -0.15) is 5.10 Å². The number of rotatable bonds is 4. The van der Waals surface area contributed by atoms with E-state index in [4.69, 9.17) is 10.1 Å². The van der Waals surface area contributed by atoms with E-state index in [9.17, 15) is 5.11 Å². The SMILES string of the molecule is CC(C)N1CCCC(Cc2nc3n(n2)C(CO)CCC3)C1. The number of nitrogens with zero attached hydrogens (tertiary/aromatic N) is 4. The van der Waals surface area contributed by atoms with Gasteiger partial charge in [-0.15, -0.1) is 0 Å². The first-order valence-corrected chi connectivity index (χ1v) is 8.46. The Balaban J connectivity index is 1.67. The fourth-order valence-electron chi connectivity index (χ4n) is 3.73. The Morgan fingerprint density at radius 1 is 1.29 bits per heavy atom. The van der Waals surface area contributed by atoms with Gasteiger partial charge in [-0.05, 0) is 52.0 Å². The Labute approximate surface area is 127 Å². The van der Waals surface area contributed by atoms with Gasteiger partial charge in [-0.3, -0.25) is 0 Å². The number of aliphatic hydroxyl groups is 1. The average Bonchev–Trinajstić information content (AvgIpc) is 2.89. The van der Waals surface area contributed by atoms with Crippen molar-refractivity contribution in [3.63, 3.8) is 0 Å². The molecule has 3 rings (SSSR count). The third-order valence-corrected chi connectivity index (χ3v) is 4.99. The lowest BCUT2D eigenvalue weighted by atomic mass is 9.94. The van der Waals surface area contributed by atoms with Crippen molar-refractivity contribution in [3.05, 3.63) is 11.6 Å². The number of piperidine rings is 1. The summed E-state index contributed by atoms with van der Waals surface area (Å²) in [6.45, 7) is 7.14. The molecule has 3 heterocycles. The van der Waals surface area contributed by atoms with E-state index >= 15 is 0 Å². The molecule has 1 saturated heterocycles. The van der Waals surface area contributed by atoms with Crippen molar-refractivity contribution in [1.29, 1.82) is 0 Å². The molecule has 21 heavy (non-hydrogen) atoms. The second-order valence-corrected chi connectivity index (χ2v) is 6.92. The molecule has 0 aliphatic carbocycles. The van der Waals surface area contributed by atoms with E-state index < -0.39 is 0 Å². The van der Waals surface area contributed by atoms with E-state index in [0.29, 0.717) is 12.0 Å². The molecule has 1 aromatic rings. The molecule has 0 aromatic carbocycles. The molecule has 2 aliphatic rings. The average molecular weight is 292 g/mol. The van der Waals surface area contributed by atoms with Crippen LogP contribution in [0.5, 0.6) is 0 Å². The number of hydrogen-bond donors (Lipinski definition) is 1. The van der Waals surface area contributed by atoms with Crippen LogP contribution in [0.2, 0.25) is 0 Å². The van der Waals surface area contributed by atoms with Gasteiger partial charge in [0.15, 0.2) is 5.82 Å². The maximum absolute atomic E-state index is 9.47. The van der Waals surface area contributed by atoms with Crippen molar-refractivity contribution in [2.24, 2.45) is 5.92 Å². The number of likely N-dealkylation sites (tertiary alicyclic amines) is 1. The van der Waals surface area contributed by atoms with Crippen molar-refractivity contribution >= 4 is 0 Å². The van der Waals surface area contributed by atoms with E-state index in [2.05, 4.69) is 18.7 Å². The minimum atomic E-state index is 0.147. The Morgan fingerprint density at radius 3 is 2.90 bits per heavy atom. The lowest BCUT2D eigenvalue weighted by Gasteiger charge is -2.35. The normalized spacial score (nSPS) is 27.0. The van der Waals surface area contributed by atoms with Gasteiger partial charge in [0.05, 0.1) is 12.6 Å². The predicted molar refractivity (Wildman–Crippen MR) is 82.2 cm³/mol. The molecule has 2 aliphatic heterocycles. The summed E-state index contributed by atoms with van der Waals surface area (Å²) in [7, 11) is 0. The summed E-state index contributed by atoms with van der Waals surface area (Å²) in [6.07, 6.45) is 6.71. The second kappa shape index (κ2) is 6.44. The topological polar surface area (TPSA) is 54.2 Å². The number of aliphatic hydroxyl groups excluding tert-OH is 1. The lowest BCUT2D eigenvalue weighted by molar-refractivity contribution is 0.138. The highest BCUT2D eigenvalue weighted by molar-refractivity contribution is 5.00. The summed E-state index contributed by atoms with van der Waals surface area (Å²) in [5.74, 6) is 2.74. The van der Waals surface area contributed by atoms with Crippen LogP contribution >= 0.6 is 0 Å². The summed E-state index contributed by atoms with van der Waals surface area (Å²) < 4.78 is 1.99. The first kappa shape index (κ1) is 15.0. The van der Waals surface area contributed by atoms with Crippen LogP contribution in [0.1, 0.15) is 57.2 Å². The Bertz CT molecular complexity index is 471. The van der Waals surface area contributed by atoms with Crippen LogP contribution in [0.15, 0.2) is 0 Å². The molecule has 1 fully saturated rings. The third kappa shape index (κ3) is 3.29. The van der Waals surface area contributed by atoms with Crippen molar-refractivity contribution < 1.29 is 5.11 Å². The fourth-order valence-corrected chi connectivity index (χ4v) is 3.73. The van der Waals surface area contributed by atoms with Gasteiger partial charge in [-0.1, -0.05) is 0 Å². The van der Waals surface area contributed by atoms with Crippen LogP contribution in [0.3, 0.4) is 0 Å². The quantitative estimate of drug-likeness (QED) is 0.919. The molecular weight excluding hydrogens is 264 g/mol. The van der Waals surface area contributed by atoms with Crippen LogP contribution < -0.4 is 0 Å². The van der Waals surface area contributed by atoms with Gasteiger partial charge >= 0.3 is 0 Å². The van der Waals surface area contributed by atoms with Crippen LogP contribution in [-0.4, -0.2) is 50.5 Å². The van der Waals surface area contributed by atoms with Gasteiger partial charge in [0.1, 0.15) is 5.82 Å². The number of hydrogen-bond acceptors (Lipinski definition) is 4. The molecule has 0 bridgehead atoms. The number of aryl methyl sites for hydroxylation is 1. The van der Waals surface area contributed by atoms with Crippen molar-refractivity contribution in [2.45, 2.75) is 64.5 Å². The Hall–Kier alpha value is -0.940. The Morgan fingerprint density at radius 2 is 2.14 bits per heavy atom. The monoisotopic (exact) mass is 292 g/mol. The molecule has 2 unspecified atom stereocenters. The molecule has 0 radical (unpaired) electrons. The number of fused-ring (bicyclic) bond motifs is 1. The summed E-state index contributed by atoms with van der Waals surface area (Å²) >= 11 is 0. The van der Waals surface area contributed by atoms with E-state index in [1.807, 2.05) is 4.68 Å². The van der Waals surface area contributed by atoms with Crippen molar-refractivity contribution in [2.75, 3.05) is 19.7 Å². The molecule has 0 saturated carbocycles. The van der Waals surface area contributed by atoms with Crippen LogP contribution in [0.25, 0.3) is 0 Å². The highest BCUT2D eigenvalue weighted by Crippen LogP contribution is 2.25. The minimum absolute atomic E-state index is 0.147. The zero-order valence-electron chi connectivity index (χ0n) is 13.3. The maximum Gasteiger partial charge on any atom is 0.151 e. The van der Waals surface area contributed by atoms with Gasteiger partial charge in [0, 0.05) is 25.4 Å². The zero-order valence-corrected chi connectivity index (χ0v) is 13.3. The Kier molecular flexibility index (Phi) is 4.60. The summed E-state index contributed by atoms with van der Waals surface area (Å²) in [6, 6.07) is 0.781. The third-order valence-electron chi connectivity index (χ3n) is 4.99. The standard InChI is InChI=1S/C16H28N4O/c1-12(2)19-8-4-5-13(10-19)9-15-17-16-7-3-6-14(11-21)20(16)18-15/h12-14,21H,3-11H2,1-2H3. The van der Waals surface area contributed by atoms with E-state index in [1.54, 1.807) is 0 Å². The fraction of sp³-hybridized carbons (Fsp3) is 0.875. The first-order valence-electron chi connectivity index (χ1n) is 8.46. The first-order chi connectivity index (χ1) is 10.2. The highest BCUT2D eigenvalue weighted by atomic mass is 16.3. The van der Waals surface area contributed by atoms with E-state index in [-0.39, 0.29) is 12.6 Å². The van der Waals surface area contributed by atoms with Gasteiger partial charge in [0.2, 0.25) is 0 Å². The van der Waals surface area contributed by atoms with Crippen LogP contribution in [0.4, 0.5) is 0 Å². The van der Waals surface area contributed by atoms with Crippen LogP contribution in [0, 0.1) is 5.92 Å². The summed E-state index contributed by atoms with van der Waals surface area (Å²) in [5.41, 5.74) is 0. The molecule has 118 valence electrons. The van der Waals surface area contributed by atoms with E-state index in [1.165, 1.54) is 25.9 Å². The predicted octanol–water partition coefficient (Wildman–Crippen LogP) is 1.81. The van der Waals surface area contributed by atoms with Crippen LogP contribution in [-0.2, 0) is 12.8 Å². The molecule has 1 N–H and O–H groups in total. The summed E-state index contributed by atoms with van der Waals surface area (Å²) in [4.78, 5) is 7.31. The number of aromatic nitrogens is 3. The minimum Gasteiger partial charge on any atom is -0.394 e. The largest absolute Gasteiger partial charge is 0.394 e. The van der Waals surface area contributed by atoms with Gasteiger partial charge in [0.25, 0.3) is 0 Å². The molecule has 5 heteroatoms. The van der Waals surface area contributed by atoms with Crippen molar-refractivity contribution in [1.82, 2.24) is 19.7 Å². The molecule has 0 amide bonds. The highest BCUT2D eigenvalue weighted by Gasteiger charge is 2.26. The smallest absolute Gasteiger partial charge is 0.151 e. The molecule has 0 spiro atoms. The molecular formula is C16H28N4O. The summed E-state index contributed by atoms with van der Waals surface area (Å²) in [5, 5.41) is 14.2. The van der Waals surface area contributed by atoms with E-state index in [0.717, 1.165) is 37.3 Å². The second-order valence-electron chi connectivity index (χ2n) is 6.92. The molecule has 5 nitrogen and oxygen atoms in total. The van der Waals surface area contributed by atoms with Gasteiger partial charge in [-0.25, -0.2) is 9.67 Å². The molecule has 1 aromatic heterocycles.